The van der Waals surface area contributed by atoms with E-state index in [1.807, 2.05) is 33.8 Å². The lowest BCUT2D eigenvalue weighted by atomic mass is 9.94. The number of benzene rings is 1. The highest BCUT2D eigenvalue weighted by atomic mass is 19.1. The lowest BCUT2D eigenvalue weighted by Crippen LogP contribution is -2.18. The molecule has 0 saturated carbocycles. The molecule has 0 saturated heterocycles. The zero-order valence-electron chi connectivity index (χ0n) is 12.6. The second-order valence-electron chi connectivity index (χ2n) is 6.12. The van der Waals surface area contributed by atoms with Crippen molar-refractivity contribution in [1.82, 2.24) is 9.97 Å². The minimum atomic E-state index is -0.239. The zero-order chi connectivity index (χ0) is 15.1. The van der Waals surface area contributed by atoms with Gasteiger partial charge < -0.3 is 5.73 Å². The minimum absolute atomic E-state index is 0.209. The standard InChI is InChI=1S/C16H20FN3/c1-9-6-7-11(8-12(9)17)13-10(2)14(18)20-15(19-13)16(3,4)5/h6-8H,1-5H3,(H2,18,19,20). The first-order valence-electron chi connectivity index (χ1n) is 6.61. The lowest BCUT2D eigenvalue weighted by molar-refractivity contribution is 0.546. The number of rotatable bonds is 1. The number of nitrogen functional groups attached to an aromatic ring is 1. The molecule has 2 rings (SSSR count). The number of halogens is 1. The predicted octanol–water partition coefficient (Wildman–Crippen LogP) is 3.78. The molecular formula is C16H20FN3. The fourth-order valence-corrected chi connectivity index (χ4v) is 1.89. The van der Waals surface area contributed by atoms with E-state index in [4.69, 9.17) is 5.73 Å². The van der Waals surface area contributed by atoms with E-state index in [9.17, 15) is 4.39 Å². The van der Waals surface area contributed by atoms with Crippen molar-refractivity contribution in [3.8, 4) is 11.3 Å². The molecule has 0 amide bonds. The second kappa shape index (κ2) is 4.85. The van der Waals surface area contributed by atoms with Crippen LogP contribution >= 0.6 is 0 Å². The maximum absolute atomic E-state index is 13.8. The van der Waals surface area contributed by atoms with Crippen LogP contribution in [-0.2, 0) is 5.41 Å². The van der Waals surface area contributed by atoms with Gasteiger partial charge in [0, 0.05) is 16.5 Å². The number of aryl methyl sites for hydroxylation is 1. The molecule has 1 heterocycles. The van der Waals surface area contributed by atoms with E-state index >= 15 is 0 Å². The Balaban J connectivity index is 2.66. The van der Waals surface area contributed by atoms with Gasteiger partial charge in [-0.15, -0.1) is 0 Å². The summed E-state index contributed by atoms with van der Waals surface area (Å²) in [7, 11) is 0. The summed E-state index contributed by atoms with van der Waals surface area (Å²) in [5, 5.41) is 0. The first kappa shape index (κ1) is 14.4. The van der Waals surface area contributed by atoms with Crippen LogP contribution < -0.4 is 5.73 Å². The molecule has 0 fully saturated rings. The fraction of sp³-hybridized carbons (Fsp3) is 0.375. The Bertz CT molecular complexity index is 658. The highest BCUT2D eigenvalue weighted by molar-refractivity contribution is 5.67. The summed E-state index contributed by atoms with van der Waals surface area (Å²) in [5.74, 6) is 0.869. The Morgan fingerprint density at radius 1 is 1.10 bits per heavy atom. The quantitative estimate of drug-likeness (QED) is 0.860. The first-order chi connectivity index (χ1) is 9.20. The van der Waals surface area contributed by atoms with Crippen LogP contribution in [0, 0.1) is 19.7 Å². The van der Waals surface area contributed by atoms with Gasteiger partial charge >= 0.3 is 0 Å². The van der Waals surface area contributed by atoms with Crippen LogP contribution in [0.5, 0.6) is 0 Å². The number of hydrogen-bond donors (Lipinski definition) is 1. The van der Waals surface area contributed by atoms with Crippen LogP contribution in [0.2, 0.25) is 0 Å². The number of nitrogens with two attached hydrogens (primary N) is 1. The van der Waals surface area contributed by atoms with Gasteiger partial charge in [-0.05, 0) is 25.5 Å². The van der Waals surface area contributed by atoms with Crippen molar-refractivity contribution in [1.29, 1.82) is 0 Å². The molecule has 1 aromatic heterocycles. The Morgan fingerprint density at radius 3 is 2.30 bits per heavy atom. The van der Waals surface area contributed by atoms with Crippen LogP contribution in [0.15, 0.2) is 18.2 Å². The van der Waals surface area contributed by atoms with E-state index in [0.717, 1.165) is 11.1 Å². The van der Waals surface area contributed by atoms with Gasteiger partial charge in [0.05, 0.1) is 5.69 Å². The maximum atomic E-state index is 13.8. The van der Waals surface area contributed by atoms with Gasteiger partial charge in [0.15, 0.2) is 0 Å². The van der Waals surface area contributed by atoms with E-state index in [0.29, 0.717) is 22.9 Å². The molecule has 3 nitrogen and oxygen atoms in total. The fourth-order valence-electron chi connectivity index (χ4n) is 1.89. The van der Waals surface area contributed by atoms with Crippen molar-refractivity contribution in [3.63, 3.8) is 0 Å². The third kappa shape index (κ3) is 2.64. The van der Waals surface area contributed by atoms with Gasteiger partial charge in [0.1, 0.15) is 17.5 Å². The van der Waals surface area contributed by atoms with Crippen molar-refractivity contribution in [2.45, 2.75) is 40.0 Å². The average molecular weight is 273 g/mol. The van der Waals surface area contributed by atoms with E-state index in [1.54, 1.807) is 13.0 Å². The minimum Gasteiger partial charge on any atom is -0.383 e. The number of nitrogens with zero attached hydrogens (tertiary/aromatic N) is 2. The van der Waals surface area contributed by atoms with Crippen LogP contribution in [0.3, 0.4) is 0 Å². The molecule has 2 aromatic rings. The molecule has 0 bridgehead atoms. The van der Waals surface area contributed by atoms with Gasteiger partial charge in [-0.25, -0.2) is 14.4 Å². The normalized spacial score (nSPS) is 11.7. The predicted molar refractivity (Wildman–Crippen MR) is 80.0 cm³/mol. The Hall–Kier alpha value is -1.97. The summed E-state index contributed by atoms with van der Waals surface area (Å²) in [6.07, 6.45) is 0. The lowest BCUT2D eigenvalue weighted by Gasteiger charge is -2.19. The molecule has 0 unspecified atom stereocenters. The SMILES string of the molecule is Cc1ccc(-c2nc(C(C)(C)C)nc(N)c2C)cc1F. The molecule has 1 aromatic carbocycles. The van der Waals surface area contributed by atoms with Crippen molar-refractivity contribution < 1.29 is 4.39 Å². The van der Waals surface area contributed by atoms with Gasteiger partial charge in [0.2, 0.25) is 0 Å². The maximum Gasteiger partial charge on any atom is 0.136 e. The average Bonchev–Trinajstić information content (AvgIpc) is 2.34. The first-order valence-corrected chi connectivity index (χ1v) is 6.61. The van der Waals surface area contributed by atoms with Crippen molar-refractivity contribution in [3.05, 3.63) is 41.0 Å². The Morgan fingerprint density at radius 2 is 1.75 bits per heavy atom. The number of aromatic nitrogens is 2. The molecule has 0 aliphatic rings. The van der Waals surface area contributed by atoms with E-state index in [2.05, 4.69) is 9.97 Å². The summed E-state index contributed by atoms with van der Waals surface area (Å²) in [4.78, 5) is 8.93. The highest BCUT2D eigenvalue weighted by Gasteiger charge is 2.21. The molecule has 20 heavy (non-hydrogen) atoms. The zero-order valence-corrected chi connectivity index (χ0v) is 12.6. The Labute approximate surface area is 119 Å². The van der Waals surface area contributed by atoms with Gasteiger partial charge in [0.25, 0.3) is 0 Å². The van der Waals surface area contributed by atoms with E-state index < -0.39 is 0 Å². The smallest absolute Gasteiger partial charge is 0.136 e. The molecular weight excluding hydrogens is 253 g/mol. The number of hydrogen-bond acceptors (Lipinski definition) is 3. The summed E-state index contributed by atoms with van der Waals surface area (Å²) in [6, 6.07) is 5.11. The summed E-state index contributed by atoms with van der Waals surface area (Å²) >= 11 is 0. The molecule has 2 N–H and O–H groups in total. The van der Waals surface area contributed by atoms with Crippen molar-refractivity contribution in [2.75, 3.05) is 5.73 Å². The molecule has 106 valence electrons. The van der Waals surface area contributed by atoms with Crippen LogP contribution in [0.4, 0.5) is 10.2 Å². The van der Waals surface area contributed by atoms with E-state index in [1.165, 1.54) is 6.07 Å². The van der Waals surface area contributed by atoms with Crippen molar-refractivity contribution >= 4 is 5.82 Å². The molecule has 0 aliphatic carbocycles. The topological polar surface area (TPSA) is 51.8 Å². The van der Waals surface area contributed by atoms with Gasteiger partial charge in [-0.1, -0.05) is 32.9 Å². The second-order valence-corrected chi connectivity index (χ2v) is 6.12. The van der Waals surface area contributed by atoms with Gasteiger partial charge in [-0.3, -0.25) is 0 Å². The molecule has 0 atom stereocenters. The molecule has 0 aliphatic heterocycles. The van der Waals surface area contributed by atoms with E-state index in [-0.39, 0.29) is 11.2 Å². The number of anilines is 1. The molecule has 0 spiro atoms. The summed E-state index contributed by atoms with van der Waals surface area (Å²) in [6.45, 7) is 9.67. The molecule has 0 radical (unpaired) electrons. The largest absolute Gasteiger partial charge is 0.383 e. The molecule has 4 heteroatoms. The van der Waals surface area contributed by atoms with Gasteiger partial charge in [-0.2, -0.15) is 0 Å². The third-order valence-corrected chi connectivity index (χ3v) is 3.30. The highest BCUT2D eigenvalue weighted by Crippen LogP contribution is 2.29. The van der Waals surface area contributed by atoms with Crippen molar-refractivity contribution in [2.24, 2.45) is 0 Å². The van der Waals surface area contributed by atoms with Crippen LogP contribution in [0.25, 0.3) is 11.3 Å². The van der Waals surface area contributed by atoms with Crippen LogP contribution in [0.1, 0.15) is 37.7 Å². The van der Waals surface area contributed by atoms with Crippen LogP contribution in [-0.4, -0.2) is 9.97 Å². The summed E-state index contributed by atoms with van der Waals surface area (Å²) in [5.41, 5.74) is 8.59. The monoisotopic (exact) mass is 273 g/mol. The third-order valence-electron chi connectivity index (χ3n) is 3.30. The summed E-state index contributed by atoms with van der Waals surface area (Å²) < 4.78 is 13.8. The Kier molecular flexibility index (Phi) is 3.50.